The molecule has 0 spiro atoms. The minimum absolute atomic E-state index is 0.0925. The fourth-order valence-electron chi connectivity index (χ4n) is 7.98. The van der Waals surface area contributed by atoms with E-state index in [1.807, 2.05) is 66.9 Å². The molecule has 6 heteroatoms. The zero-order chi connectivity index (χ0) is 50.6. The van der Waals surface area contributed by atoms with Gasteiger partial charge in [-0.2, -0.15) is 0 Å². The van der Waals surface area contributed by atoms with Gasteiger partial charge in [-0.05, 0) is 22.3 Å². The molecule has 0 amide bonds. The van der Waals surface area contributed by atoms with Crippen LogP contribution in [0.25, 0.3) is 72.3 Å². The largest absolute Gasteiger partial charge is 0.0811 e. The zero-order valence-electron chi connectivity index (χ0n) is 44.7. The maximum atomic E-state index is 9.02. The third kappa shape index (κ3) is 7.13. The van der Waals surface area contributed by atoms with Gasteiger partial charge in [-0.25, -0.2) is 0 Å². The Labute approximate surface area is 374 Å². The number of fused-ring (bicyclic) bond motifs is 4. The minimum atomic E-state index is -2.21. The molecule has 7 aromatic carbocycles. The molecule has 10 rings (SSSR count). The van der Waals surface area contributed by atoms with Gasteiger partial charge < -0.3 is 0 Å². The van der Waals surface area contributed by atoms with E-state index in [2.05, 4.69) is 85.3 Å². The molecule has 298 valence electrons. The molecule has 0 fully saturated rings. The van der Waals surface area contributed by atoms with Crippen LogP contribution < -0.4 is 13.7 Å². The van der Waals surface area contributed by atoms with Crippen LogP contribution in [0.5, 0.6) is 11.5 Å². The average molecular weight is 864 g/mol. The van der Waals surface area contributed by atoms with Gasteiger partial charge in [-0.3, -0.25) is 4.57 Å². The Bertz CT molecular complexity index is 3710. The van der Waals surface area contributed by atoms with E-state index in [1.165, 1.54) is 9.96 Å². The first kappa shape index (κ1) is 28.7. The number of pyridine rings is 1. The van der Waals surface area contributed by atoms with Crippen LogP contribution in [0.1, 0.15) is 40.0 Å². The molecule has 10 aromatic rings. The van der Waals surface area contributed by atoms with Gasteiger partial charge in [-0.15, -0.1) is 0 Å². The molecule has 0 unspecified atom stereocenters. The van der Waals surface area contributed by atoms with E-state index >= 15 is 0 Å². The first-order valence-corrected chi connectivity index (χ1v) is 27.6. The first-order chi connectivity index (χ1) is 33.6. The predicted octanol–water partition coefficient (Wildman–Crippen LogP) is 13.2. The summed E-state index contributed by atoms with van der Waals surface area (Å²) in [6, 6.07) is 31.7. The Hall–Kier alpha value is -6.70. The van der Waals surface area contributed by atoms with Crippen molar-refractivity contribution in [3.05, 3.63) is 194 Å². The summed E-state index contributed by atoms with van der Waals surface area (Å²) >= 11 is -2.21. The number of aromatic nitrogens is 4. The number of benzene rings is 7. The molecule has 5 nitrogen and oxygen atoms in total. The molecular formula is C55H48GeN4O. The fourth-order valence-corrected chi connectivity index (χ4v) is 10.4. The van der Waals surface area contributed by atoms with Crippen LogP contribution in [0.15, 0.2) is 182 Å². The van der Waals surface area contributed by atoms with Gasteiger partial charge in [0.05, 0.1) is 30.4 Å². The Morgan fingerprint density at radius 3 is 2.03 bits per heavy atom. The number of nitrogens with zero attached hydrogens (tertiary/aromatic N) is 4. The molecule has 0 aliphatic heterocycles. The molecule has 0 aliphatic rings. The second-order valence-corrected chi connectivity index (χ2v) is 27.9. The summed E-state index contributed by atoms with van der Waals surface area (Å²) in [4.78, 5) is 4.90. The molecule has 0 aliphatic carbocycles. The van der Waals surface area contributed by atoms with Crippen molar-refractivity contribution >= 4 is 50.5 Å². The molecule has 0 bridgehead atoms. The molecular weight excluding hydrogens is 805 g/mol. The maximum absolute atomic E-state index is 9.02. The molecule has 0 atom stereocenters. The van der Waals surface area contributed by atoms with Crippen molar-refractivity contribution in [3.8, 4) is 50.9 Å². The van der Waals surface area contributed by atoms with Crippen LogP contribution in [0.3, 0.4) is 0 Å². The number of hydrogen-bond donors (Lipinski definition) is 0. The van der Waals surface area contributed by atoms with Gasteiger partial charge >= 0.3 is 209 Å². The van der Waals surface area contributed by atoms with E-state index in [4.69, 9.17) is 23.4 Å². The van der Waals surface area contributed by atoms with Gasteiger partial charge in [0.2, 0.25) is 0 Å². The van der Waals surface area contributed by atoms with E-state index in [0.29, 0.717) is 28.2 Å². The molecule has 0 radical (unpaired) electrons. The van der Waals surface area contributed by atoms with Crippen molar-refractivity contribution in [1.82, 2.24) is 14.1 Å². The number of hydrogen-bond acceptors (Lipinski definition) is 2. The van der Waals surface area contributed by atoms with Crippen LogP contribution in [0.4, 0.5) is 0 Å². The number of ether oxygens (including phenoxy) is 1. The average Bonchev–Trinajstić information content (AvgIpc) is 3.89. The minimum Gasteiger partial charge on any atom is -0.0666 e. The number of imidazole rings is 1. The molecule has 61 heavy (non-hydrogen) atoms. The van der Waals surface area contributed by atoms with Crippen LogP contribution in [0, 0.1) is 6.33 Å². The van der Waals surface area contributed by atoms with Crippen molar-refractivity contribution in [3.63, 3.8) is 0 Å². The molecule has 0 N–H and O–H groups in total. The summed E-state index contributed by atoms with van der Waals surface area (Å²) in [6.45, 7) is 6.58. The van der Waals surface area contributed by atoms with Crippen molar-refractivity contribution in [1.29, 1.82) is 0 Å². The van der Waals surface area contributed by atoms with Crippen molar-refractivity contribution in [2.24, 2.45) is 0 Å². The third-order valence-electron chi connectivity index (χ3n) is 11.1. The van der Waals surface area contributed by atoms with Crippen LogP contribution in [-0.4, -0.2) is 27.4 Å². The normalized spacial score (nSPS) is 14.4. The van der Waals surface area contributed by atoms with Crippen molar-refractivity contribution in [2.45, 2.75) is 43.5 Å². The standard InChI is InChI=1S/C55H48GeN4O/c1-55(2,3)40-31-32-57-53(33-40)60-49-30-27-41(56(4,5)6)34-48(49)47-29-28-44(36-52(47)60)61-43-22-15-21-42(35-43)58-37-59(51-26-14-13-25-50(51)58)54-45(38-17-9-7-10-18-38)23-16-24-46(54)39-19-11-8-12-20-39/h7-36H,1-6H3/i7D,8D,9D,10D,11D,12D,17D,18D,19D,20D. The SMILES string of the molecule is [2H]c1c([2H])c([2H])c(-c2cccc(-c3c([2H])c([2H])c([2H])c([2H])c3[2H])c2-[n+]2[c-]n(-c3cccc(Oc4ccc5c6c[c]([Ge]([CH3])([CH3])[CH3])ccc6n(-c6cc(C(C)(C)C)ccn6)c5c4)c3)c3ccccc32)c([2H])c1[2H]. The van der Waals surface area contributed by atoms with Crippen LogP contribution in [-0.2, 0) is 5.41 Å². The molecule has 0 saturated carbocycles. The summed E-state index contributed by atoms with van der Waals surface area (Å²) < 4.78 is 101. The molecule has 3 aromatic heterocycles. The summed E-state index contributed by atoms with van der Waals surface area (Å²) in [7, 11) is 0. The Balaban J connectivity index is 1.15. The monoisotopic (exact) mass is 864 g/mol. The summed E-state index contributed by atoms with van der Waals surface area (Å²) in [5, 5.41) is 2.24. The fraction of sp³-hybridized carbons (Fsp3) is 0.127. The maximum Gasteiger partial charge on any atom is 0.0811 e. The van der Waals surface area contributed by atoms with Crippen LogP contribution in [0.2, 0.25) is 17.3 Å². The smallest absolute Gasteiger partial charge is 0.0666 e. The van der Waals surface area contributed by atoms with Gasteiger partial charge in [-0.1, -0.05) is 103 Å². The van der Waals surface area contributed by atoms with Gasteiger partial charge in [0.25, 0.3) is 6.33 Å². The zero-order valence-corrected chi connectivity index (χ0v) is 36.8. The topological polar surface area (TPSA) is 35.9 Å². The van der Waals surface area contributed by atoms with Crippen LogP contribution >= 0.6 is 0 Å². The van der Waals surface area contributed by atoms with E-state index in [0.717, 1.165) is 27.6 Å². The van der Waals surface area contributed by atoms with Gasteiger partial charge in [0.15, 0.2) is 0 Å². The number of rotatable bonds is 8. The predicted molar refractivity (Wildman–Crippen MR) is 255 cm³/mol. The summed E-state index contributed by atoms with van der Waals surface area (Å²) in [6.07, 6.45) is 5.32. The van der Waals surface area contributed by atoms with Crippen molar-refractivity contribution < 1.29 is 23.0 Å². The molecule has 3 heterocycles. The van der Waals surface area contributed by atoms with E-state index in [-0.39, 0.29) is 33.4 Å². The van der Waals surface area contributed by atoms with Crippen molar-refractivity contribution in [2.75, 3.05) is 0 Å². The second kappa shape index (κ2) is 15.1. The Morgan fingerprint density at radius 1 is 0.639 bits per heavy atom. The van der Waals surface area contributed by atoms with E-state index < -0.39 is 73.7 Å². The van der Waals surface area contributed by atoms with E-state index in [9.17, 15) is 0 Å². The first-order valence-electron chi connectivity index (χ1n) is 25.2. The summed E-state index contributed by atoms with van der Waals surface area (Å²) in [5.41, 5.74) is 5.21. The number of para-hydroxylation sites is 3. The third-order valence-corrected chi connectivity index (χ3v) is 15.4. The molecule has 0 saturated heterocycles. The Morgan fingerprint density at radius 2 is 1.33 bits per heavy atom. The second-order valence-electron chi connectivity index (χ2n) is 17.2. The van der Waals surface area contributed by atoms with Gasteiger partial charge in [0, 0.05) is 0 Å². The summed E-state index contributed by atoms with van der Waals surface area (Å²) in [5.74, 6) is 9.13. The van der Waals surface area contributed by atoms with Gasteiger partial charge in [0.1, 0.15) is 0 Å². The van der Waals surface area contributed by atoms with E-state index in [1.54, 1.807) is 27.3 Å². The quantitative estimate of drug-likeness (QED) is 0.0867. The Kier molecular flexibility index (Phi) is 7.10.